The third-order valence-corrected chi connectivity index (χ3v) is 4.02. The summed E-state index contributed by atoms with van der Waals surface area (Å²) in [6, 6.07) is 24.6. The normalized spacial score (nSPS) is 11.3. The van der Waals surface area contributed by atoms with Gasteiger partial charge in [0, 0.05) is 5.56 Å². The molecule has 5 nitrogen and oxygen atoms in total. The number of hydrogen-bond donors (Lipinski definition) is 1. The molecule has 3 aromatic rings. The highest BCUT2D eigenvalue weighted by Gasteiger charge is 2.26. The van der Waals surface area contributed by atoms with E-state index in [1.54, 1.807) is 66.7 Å². The van der Waals surface area contributed by atoms with Crippen LogP contribution in [0.3, 0.4) is 0 Å². The Morgan fingerprint density at radius 2 is 1.46 bits per heavy atom. The number of ether oxygens (including phenoxy) is 2. The van der Waals surface area contributed by atoms with Gasteiger partial charge in [-0.1, -0.05) is 60.7 Å². The second kappa shape index (κ2) is 9.37. The van der Waals surface area contributed by atoms with E-state index < -0.39 is 18.0 Å². The van der Waals surface area contributed by atoms with Crippen LogP contribution >= 0.6 is 0 Å². The summed E-state index contributed by atoms with van der Waals surface area (Å²) in [6.45, 7) is 2.34. The first-order chi connectivity index (χ1) is 13.7. The van der Waals surface area contributed by atoms with Crippen molar-refractivity contribution in [2.45, 2.75) is 13.0 Å². The van der Waals surface area contributed by atoms with Gasteiger partial charge in [0.1, 0.15) is 5.75 Å². The van der Waals surface area contributed by atoms with E-state index in [-0.39, 0.29) is 0 Å². The largest absolute Gasteiger partial charge is 0.492 e. The predicted octanol–water partition coefficient (Wildman–Crippen LogP) is 4.62. The maximum Gasteiger partial charge on any atom is 0.339 e. The molecule has 0 aromatic heterocycles. The number of anilines is 1. The molecule has 0 radical (unpaired) electrons. The van der Waals surface area contributed by atoms with E-state index >= 15 is 0 Å². The van der Waals surface area contributed by atoms with Crippen molar-refractivity contribution in [1.82, 2.24) is 0 Å². The lowest BCUT2D eigenvalue weighted by Crippen LogP contribution is -2.26. The molecule has 1 atom stereocenters. The molecule has 0 bridgehead atoms. The van der Waals surface area contributed by atoms with E-state index in [2.05, 4.69) is 5.32 Å². The lowest BCUT2D eigenvalue weighted by Gasteiger charge is -2.19. The summed E-state index contributed by atoms with van der Waals surface area (Å²) in [4.78, 5) is 25.5. The van der Waals surface area contributed by atoms with Crippen molar-refractivity contribution >= 4 is 17.6 Å². The monoisotopic (exact) mass is 375 g/mol. The van der Waals surface area contributed by atoms with Gasteiger partial charge >= 0.3 is 5.97 Å². The van der Waals surface area contributed by atoms with Gasteiger partial charge in [-0.25, -0.2) is 4.79 Å². The molecule has 142 valence electrons. The topological polar surface area (TPSA) is 64.6 Å². The van der Waals surface area contributed by atoms with Crippen LogP contribution in [0.15, 0.2) is 84.9 Å². The lowest BCUT2D eigenvalue weighted by atomic mass is 10.1. The lowest BCUT2D eigenvalue weighted by molar-refractivity contribution is -0.125. The minimum Gasteiger partial charge on any atom is -0.492 e. The molecule has 28 heavy (non-hydrogen) atoms. The molecule has 0 heterocycles. The molecule has 0 saturated heterocycles. The molecule has 3 rings (SSSR count). The number of hydrogen-bond acceptors (Lipinski definition) is 4. The number of rotatable bonds is 7. The Hall–Kier alpha value is -3.60. The van der Waals surface area contributed by atoms with Crippen molar-refractivity contribution < 1.29 is 19.1 Å². The highest BCUT2D eigenvalue weighted by molar-refractivity contribution is 5.99. The summed E-state index contributed by atoms with van der Waals surface area (Å²) in [6.07, 6.45) is -1.09. The van der Waals surface area contributed by atoms with Crippen molar-refractivity contribution in [2.75, 3.05) is 11.9 Å². The van der Waals surface area contributed by atoms with E-state index in [1.807, 2.05) is 25.1 Å². The SMILES string of the molecule is CCOc1ccccc1NC(=O)[C@H](OC(=O)c1ccccc1)c1ccccc1. The summed E-state index contributed by atoms with van der Waals surface area (Å²) in [5, 5.41) is 2.81. The molecule has 0 fully saturated rings. The van der Waals surface area contributed by atoms with E-state index in [9.17, 15) is 9.59 Å². The average Bonchev–Trinajstić information content (AvgIpc) is 2.74. The highest BCUT2D eigenvalue weighted by atomic mass is 16.5. The zero-order valence-electron chi connectivity index (χ0n) is 15.5. The van der Waals surface area contributed by atoms with E-state index in [0.717, 1.165) is 0 Å². The van der Waals surface area contributed by atoms with Crippen LogP contribution in [-0.2, 0) is 9.53 Å². The number of nitrogens with one attached hydrogen (secondary N) is 1. The van der Waals surface area contributed by atoms with Crippen LogP contribution in [0.1, 0.15) is 28.9 Å². The third kappa shape index (κ3) is 4.76. The molecule has 5 heteroatoms. The number of benzene rings is 3. The van der Waals surface area contributed by atoms with Crippen molar-refractivity contribution in [3.63, 3.8) is 0 Å². The highest BCUT2D eigenvalue weighted by Crippen LogP contribution is 2.27. The number of esters is 1. The Balaban J connectivity index is 1.85. The van der Waals surface area contributed by atoms with Crippen LogP contribution < -0.4 is 10.1 Å². The number of carbonyl (C=O) groups excluding carboxylic acids is 2. The van der Waals surface area contributed by atoms with Gasteiger partial charge in [-0.3, -0.25) is 4.79 Å². The zero-order chi connectivity index (χ0) is 19.8. The Morgan fingerprint density at radius 1 is 0.857 bits per heavy atom. The first kappa shape index (κ1) is 19.2. The second-order valence-corrected chi connectivity index (χ2v) is 5.98. The van der Waals surface area contributed by atoms with Gasteiger partial charge in [0.05, 0.1) is 17.9 Å². The Morgan fingerprint density at radius 3 is 2.14 bits per heavy atom. The van der Waals surface area contributed by atoms with Crippen LogP contribution in [0.5, 0.6) is 5.75 Å². The predicted molar refractivity (Wildman–Crippen MR) is 107 cm³/mol. The van der Waals surface area contributed by atoms with Crippen LogP contribution in [0.4, 0.5) is 5.69 Å². The maximum absolute atomic E-state index is 13.0. The second-order valence-electron chi connectivity index (χ2n) is 5.98. The van der Waals surface area contributed by atoms with Crippen molar-refractivity contribution in [2.24, 2.45) is 0 Å². The molecule has 0 spiro atoms. The maximum atomic E-state index is 13.0. The smallest absolute Gasteiger partial charge is 0.339 e. The van der Waals surface area contributed by atoms with Crippen LogP contribution in [0.25, 0.3) is 0 Å². The van der Waals surface area contributed by atoms with Gasteiger partial charge in [-0.2, -0.15) is 0 Å². The van der Waals surface area contributed by atoms with Crippen LogP contribution in [0.2, 0.25) is 0 Å². The van der Waals surface area contributed by atoms with Gasteiger partial charge in [-0.05, 0) is 31.2 Å². The fraction of sp³-hybridized carbons (Fsp3) is 0.130. The molecule has 1 N–H and O–H groups in total. The van der Waals surface area contributed by atoms with Gasteiger partial charge in [-0.15, -0.1) is 0 Å². The molecule has 0 saturated carbocycles. The van der Waals surface area contributed by atoms with Crippen molar-refractivity contribution in [3.8, 4) is 5.75 Å². The van der Waals surface area contributed by atoms with E-state index in [4.69, 9.17) is 9.47 Å². The molecule has 0 aliphatic rings. The number of carbonyl (C=O) groups is 2. The van der Waals surface area contributed by atoms with Gasteiger partial charge in [0.25, 0.3) is 5.91 Å². The third-order valence-electron chi connectivity index (χ3n) is 4.02. The minimum atomic E-state index is -1.09. The van der Waals surface area contributed by atoms with E-state index in [0.29, 0.717) is 29.2 Å². The first-order valence-corrected chi connectivity index (χ1v) is 9.02. The molecular formula is C23H21NO4. The summed E-state index contributed by atoms with van der Waals surface area (Å²) in [7, 11) is 0. The Labute approximate surface area is 163 Å². The number of para-hydroxylation sites is 2. The summed E-state index contributed by atoms with van der Waals surface area (Å²) < 4.78 is 11.1. The molecule has 0 unspecified atom stereocenters. The molecule has 3 aromatic carbocycles. The van der Waals surface area contributed by atoms with E-state index in [1.165, 1.54) is 0 Å². The van der Waals surface area contributed by atoms with Gasteiger partial charge < -0.3 is 14.8 Å². The summed E-state index contributed by atoms with van der Waals surface area (Å²) in [5.41, 5.74) is 1.48. The molecule has 0 aliphatic carbocycles. The van der Waals surface area contributed by atoms with Crippen molar-refractivity contribution in [1.29, 1.82) is 0 Å². The minimum absolute atomic E-state index is 0.381. The van der Waals surface area contributed by atoms with Crippen LogP contribution in [-0.4, -0.2) is 18.5 Å². The van der Waals surface area contributed by atoms with Gasteiger partial charge in [0.15, 0.2) is 0 Å². The Kier molecular flexibility index (Phi) is 6.41. The average molecular weight is 375 g/mol. The Bertz CT molecular complexity index is 926. The fourth-order valence-corrected chi connectivity index (χ4v) is 2.70. The fourth-order valence-electron chi connectivity index (χ4n) is 2.70. The van der Waals surface area contributed by atoms with Crippen molar-refractivity contribution in [3.05, 3.63) is 96.1 Å². The summed E-state index contributed by atoms with van der Waals surface area (Å²) >= 11 is 0. The zero-order valence-corrected chi connectivity index (χ0v) is 15.5. The molecule has 1 amide bonds. The molecule has 0 aliphatic heterocycles. The molecular weight excluding hydrogens is 354 g/mol. The summed E-state index contributed by atoms with van der Waals surface area (Å²) in [5.74, 6) is -0.468. The first-order valence-electron chi connectivity index (χ1n) is 9.02. The quantitative estimate of drug-likeness (QED) is 0.612. The standard InChI is InChI=1S/C23H21NO4/c1-2-27-20-16-10-9-15-19(20)24-22(25)21(17-11-5-3-6-12-17)28-23(26)18-13-7-4-8-14-18/h3-16,21H,2H2,1H3,(H,24,25)/t21-/m1/s1. The van der Waals surface area contributed by atoms with Crippen LogP contribution in [0, 0.1) is 0 Å². The number of amides is 1. The van der Waals surface area contributed by atoms with Gasteiger partial charge in [0.2, 0.25) is 6.10 Å².